The molecule has 2 aliphatic heterocycles. The summed E-state index contributed by atoms with van der Waals surface area (Å²) in [5.41, 5.74) is 5.28. The molecule has 1 fully saturated rings. The summed E-state index contributed by atoms with van der Waals surface area (Å²) < 4.78 is 21.4. The number of nitrogens with two attached hydrogens (primary N) is 1. The standard InChI is InChI=1S/C33H51N9O14/c34-33(52)23-2-1-8-41(23)32(51)22-40-29(48)21-39-28(47)20-38-27(46)19-37-26(45)18-36-25(44)6-10-53-12-14-55-16-17-56-15-13-54-11-7-35-24(43)5-9-42-30(49)3-4-31(42)50/h3-4,23H,1-2,5-22H2,(H2,34,52)(H,35,43)(H,36,44)(H,37,45)(H,38,46)(H,39,47)(H,40,48)/t23-/m1/s1. The number of rotatable bonds is 29. The van der Waals surface area contributed by atoms with E-state index in [1.54, 1.807) is 0 Å². The number of ether oxygens (including phenoxy) is 4. The molecule has 0 unspecified atom stereocenters. The molecule has 0 aliphatic carbocycles. The predicted molar refractivity (Wildman–Crippen MR) is 190 cm³/mol. The maximum absolute atomic E-state index is 12.2. The molecule has 56 heavy (non-hydrogen) atoms. The minimum atomic E-state index is -0.708. The Morgan fingerprint density at radius 1 is 0.571 bits per heavy atom. The van der Waals surface area contributed by atoms with Crippen molar-refractivity contribution in [3.05, 3.63) is 12.2 Å². The lowest BCUT2D eigenvalue weighted by atomic mass is 10.2. The topological polar surface area (TPSA) is 312 Å². The van der Waals surface area contributed by atoms with Crippen LogP contribution >= 0.6 is 0 Å². The zero-order valence-electron chi connectivity index (χ0n) is 31.1. The van der Waals surface area contributed by atoms with Gasteiger partial charge in [0.2, 0.25) is 47.3 Å². The fourth-order valence-electron chi connectivity index (χ4n) is 4.83. The Hall–Kier alpha value is -5.52. The van der Waals surface area contributed by atoms with Gasteiger partial charge in [0.15, 0.2) is 0 Å². The molecular formula is C33H51N9O14. The Morgan fingerprint density at radius 3 is 1.50 bits per heavy atom. The van der Waals surface area contributed by atoms with Crippen LogP contribution in [0.3, 0.4) is 0 Å². The maximum atomic E-state index is 12.2. The number of nitrogens with zero attached hydrogens (tertiary/aromatic N) is 2. The van der Waals surface area contributed by atoms with Crippen molar-refractivity contribution in [2.24, 2.45) is 5.73 Å². The first-order chi connectivity index (χ1) is 26.9. The Kier molecular flexibility index (Phi) is 22.6. The van der Waals surface area contributed by atoms with Crippen molar-refractivity contribution in [3.63, 3.8) is 0 Å². The molecule has 1 atom stereocenters. The van der Waals surface area contributed by atoms with Gasteiger partial charge >= 0.3 is 0 Å². The molecule has 0 bridgehead atoms. The van der Waals surface area contributed by atoms with Crippen molar-refractivity contribution in [3.8, 4) is 0 Å². The minimum absolute atomic E-state index is 0.00703. The summed E-state index contributed by atoms with van der Waals surface area (Å²) in [7, 11) is 0. The zero-order chi connectivity index (χ0) is 41.1. The first-order valence-corrected chi connectivity index (χ1v) is 17.9. The average molecular weight is 798 g/mol. The van der Waals surface area contributed by atoms with Crippen LogP contribution in [0.5, 0.6) is 0 Å². The first kappa shape index (κ1) is 46.6. The fourth-order valence-corrected chi connectivity index (χ4v) is 4.83. The van der Waals surface area contributed by atoms with E-state index in [0.717, 1.165) is 17.1 Å². The quantitative estimate of drug-likeness (QED) is 0.0274. The summed E-state index contributed by atoms with van der Waals surface area (Å²) >= 11 is 0. The lowest BCUT2D eigenvalue weighted by Gasteiger charge is -2.22. The highest BCUT2D eigenvalue weighted by atomic mass is 16.6. The van der Waals surface area contributed by atoms with Gasteiger partial charge < -0.3 is 61.5 Å². The van der Waals surface area contributed by atoms with Crippen LogP contribution in [-0.2, 0) is 66.9 Å². The molecule has 1 saturated heterocycles. The summed E-state index contributed by atoms with van der Waals surface area (Å²) in [5.74, 6) is -5.41. The first-order valence-electron chi connectivity index (χ1n) is 17.9. The van der Waals surface area contributed by atoms with Crippen LogP contribution in [0.25, 0.3) is 0 Å². The summed E-state index contributed by atoms with van der Waals surface area (Å²) in [6.07, 6.45) is 3.40. The van der Waals surface area contributed by atoms with Crippen LogP contribution < -0.4 is 37.6 Å². The Labute approximate surface area is 322 Å². The highest BCUT2D eigenvalue weighted by Gasteiger charge is 2.32. The van der Waals surface area contributed by atoms with E-state index in [-0.39, 0.29) is 71.4 Å². The average Bonchev–Trinajstić information content (AvgIpc) is 3.80. The van der Waals surface area contributed by atoms with Crippen molar-refractivity contribution in [1.82, 2.24) is 41.7 Å². The summed E-state index contributed by atoms with van der Waals surface area (Å²) in [4.78, 5) is 120. The van der Waals surface area contributed by atoms with Crippen molar-refractivity contribution in [1.29, 1.82) is 0 Å². The van der Waals surface area contributed by atoms with Crippen LogP contribution in [0.2, 0.25) is 0 Å². The van der Waals surface area contributed by atoms with Gasteiger partial charge in [0.05, 0.1) is 85.6 Å². The fraction of sp³-hybridized carbons (Fsp3) is 0.636. The van der Waals surface area contributed by atoms with Crippen LogP contribution in [0.15, 0.2) is 12.2 Å². The van der Waals surface area contributed by atoms with Crippen molar-refractivity contribution < 1.29 is 66.9 Å². The molecule has 0 aromatic rings. The van der Waals surface area contributed by atoms with E-state index in [4.69, 9.17) is 24.7 Å². The molecule has 0 radical (unpaired) electrons. The highest BCUT2D eigenvalue weighted by Crippen LogP contribution is 2.16. The van der Waals surface area contributed by atoms with Crippen molar-refractivity contribution in [2.45, 2.75) is 31.7 Å². The van der Waals surface area contributed by atoms with Gasteiger partial charge in [-0.1, -0.05) is 0 Å². The lowest BCUT2D eigenvalue weighted by molar-refractivity contribution is -0.137. The number of primary amides is 1. The van der Waals surface area contributed by atoms with Gasteiger partial charge in [0, 0.05) is 44.6 Å². The van der Waals surface area contributed by atoms with Crippen molar-refractivity contribution >= 4 is 59.1 Å². The summed E-state index contributed by atoms with van der Waals surface area (Å²) in [6, 6.07) is -0.708. The van der Waals surface area contributed by atoms with Crippen LogP contribution in [0.4, 0.5) is 0 Å². The van der Waals surface area contributed by atoms with Crippen LogP contribution in [0.1, 0.15) is 25.7 Å². The number of carbonyl (C=O) groups excluding carboxylic acids is 10. The molecule has 23 heteroatoms. The second-order valence-corrected chi connectivity index (χ2v) is 12.0. The summed E-state index contributed by atoms with van der Waals surface area (Å²) in [5, 5.41) is 14.2. The van der Waals surface area contributed by atoms with Gasteiger partial charge in [-0.15, -0.1) is 0 Å². The second kappa shape index (κ2) is 27.1. The number of carbonyl (C=O) groups is 10. The summed E-state index contributed by atoms with van der Waals surface area (Å²) in [6.45, 7) is 0.569. The normalized spacial score (nSPS) is 14.7. The SMILES string of the molecule is NC(=O)[C@H]1CCCN1C(=O)CNC(=O)CNC(=O)CNC(=O)CNC(=O)CNC(=O)CCOCCOCCOCCOCCNC(=O)CCN1C(=O)C=CC1=O. The molecule has 0 aromatic heterocycles. The third-order valence-corrected chi connectivity index (χ3v) is 7.74. The van der Waals surface area contributed by atoms with Gasteiger partial charge in [-0.2, -0.15) is 0 Å². The number of hydrogen-bond donors (Lipinski definition) is 7. The van der Waals surface area contributed by atoms with Gasteiger partial charge in [-0.3, -0.25) is 52.8 Å². The van der Waals surface area contributed by atoms with E-state index < -0.39 is 78.8 Å². The molecule has 2 rings (SSSR count). The molecule has 23 nitrogen and oxygen atoms in total. The molecule has 0 spiro atoms. The van der Waals surface area contributed by atoms with Gasteiger partial charge in [0.1, 0.15) is 6.04 Å². The van der Waals surface area contributed by atoms with E-state index >= 15 is 0 Å². The lowest BCUT2D eigenvalue weighted by Crippen LogP contribution is -2.49. The number of likely N-dealkylation sites (tertiary alicyclic amines) is 1. The molecule has 2 heterocycles. The van der Waals surface area contributed by atoms with E-state index in [1.165, 1.54) is 4.90 Å². The highest BCUT2D eigenvalue weighted by molar-refractivity contribution is 6.13. The molecule has 10 amide bonds. The molecule has 2 aliphatic rings. The predicted octanol–water partition coefficient (Wildman–Crippen LogP) is -6.07. The van der Waals surface area contributed by atoms with Gasteiger partial charge in [-0.05, 0) is 12.8 Å². The van der Waals surface area contributed by atoms with Crippen molar-refractivity contribution in [2.75, 3.05) is 105 Å². The number of hydrogen-bond acceptors (Lipinski definition) is 14. The second-order valence-electron chi connectivity index (χ2n) is 12.0. The number of amides is 10. The van der Waals surface area contributed by atoms with Gasteiger partial charge in [0.25, 0.3) is 11.8 Å². The Morgan fingerprint density at radius 2 is 1.00 bits per heavy atom. The molecule has 8 N–H and O–H groups in total. The molecule has 0 saturated carbocycles. The molecule has 0 aromatic carbocycles. The molecule has 312 valence electrons. The Bertz CT molecular complexity index is 1410. The third kappa shape index (κ3) is 20.2. The zero-order valence-corrected chi connectivity index (χ0v) is 31.1. The third-order valence-electron chi connectivity index (χ3n) is 7.74. The molecular weight excluding hydrogens is 746 g/mol. The number of imide groups is 1. The van der Waals surface area contributed by atoms with E-state index in [2.05, 4.69) is 31.9 Å². The maximum Gasteiger partial charge on any atom is 0.253 e. The van der Waals surface area contributed by atoms with Gasteiger partial charge in [-0.25, -0.2) is 0 Å². The van der Waals surface area contributed by atoms with E-state index in [1.807, 2.05) is 0 Å². The minimum Gasteiger partial charge on any atom is -0.379 e. The van der Waals surface area contributed by atoms with Crippen LogP contribution in [0, 0.1) is 0 Å². The van der Waals surface area contributed by atoms with E-state index in [9.17, 15) is 47.9 Å². The Balaban J connectivity index is 1.33. The largest absolute Gasteiger partial charge is 0.379 e. The number of nitrogens with one attached hydrogen (secondary N) is 6. The monoisotopic (exact) mass is 797 g/mol. The smallest absolute Gasteiger partial charge is 0.253 e. The van der Waals surface area contributed by atoms with E-state index in [0.29, 0.717) is 45.8 Å². The van der Waals surface area contributed by atoms with Crippen LogP contribution in [-0.4, -0.2) is 180 Å².